The summed E-state index contributed by atoms with van der Waals surface area (Å²) >= 11 is 0. The van der Waals surface area contributed by atoms with Crippen molar-refractivity contribution in [3.63, 3.8) is 0 Å². The fourth-order valence-electron chi connectivity index (χ4n) is 1.86. The molecular formula is C10H18N2O6S. The molecule has 1 aliphatic heterocycles. The van der Waals surface area contributed by atoms with Gasteiger partial charge >= 0.3 is 11.9 Å². The number of carboxylic acid groups (broad SMARTS) is 2. The van der Waals surface area contributed by atoms with Crippen LogP contribution in [0, 0.1) is 0 Å². The third-order valence-corrected chi connectivity index (χ3v) is 4.52. The van der Waals surface area contributed by atoms with Crippen LogP contribution in [-0.2, 0) is 19.8 Å². The average Bonchev–Trinajstić information content (AvgIpc) is 2.35. The standard InChI is InChI=1S/C10H18N2O6S/c13-9(14)5-4-8(10(15)16)11-19(17,18)12-6-2-1-3-7-12/h8,11H,1-7H2,(H,13,14)(H,15,16)/t8-/m1/s1. The van der Waals surface area contributed by atoms with E-state index in [0.717, 1.165) is 19.3 Å². The first kappa shape index (κ1) is 15.9. The highest BCUT2D eigenvalue weighted by molar-refractivity contribution is 7.87. The fraction of sp³-hybridized carbons (Fsp3) is 0.800. The molecule has 110 valence electrons. The summed E-state index contributed by atoms with van der Waals surface area (Å²) in [4.78, 5) is 21.3. The van der Waals surface area contributed by atoms with Gasteiger partial charge in [-0.25, -0.2) is 0 Å². The molecule has 3 N–H and O–H groups in total. The number of nitrogens with one attached hydrogen (secondary N) is 1. The fourth-order valence-corrected chi connectivity index (χ4v) is 3.33. The van der Waals surface area contributed by atoms with Crippen molar-refractivity contribution in [3.05, 3.63) is 0 Å². The third-order valence-electron chi connectivity index (χ3n) is 2.89. The molecule has 0 unspecified atom stereocenters. The summed E-state index contributed by atoms with van der Waals surface area (Å²) in [5, 5.41) is 17.4. The average molecular weight is 294 g/mol. The van der Waals surface area contributed by atoms with E-state index in [1.165, 1.54) is 4.31 Å². The third kappa shape index (κ3) is 5.13. The van der Waals surface area contributed by atoms with Crippen LogP contribution in [0.4, 0.5) is 0 Å². The lowest BCUT2D eigenvalue weighted by Gasteiger charge is -2.27. The molecule has 9 heteroatoms. The summed E-state index contributed by atoms with van der Waals surface area (Å²) in [6.07, 6.45) is 1.76. The lowest BCUT2D eigenvalue weighted by atomic mass is 10.2. The van der Waals surface area contributed by atoms with E-state index in [1.807, 2.05) is 0 Å². The summed E-state index contributed by atoms with van der Waals surface area (Å²) in [5.41, 5.74) is 0. The van der Waals surface area contributed by atoms with Crippen molar-refractivity contribution in [1.82, 2.24) is 9.03 Å². The molecule has 0 aromatic rings. The number of rotatable bonds is 7. The minimum Gasteiger partial charge on any atom is -0.481 e. The Morgan fingerprint density at radius 3 is 2.21 bits per heavy atom. The van der Waals surface area contributed by atoms with Gasteiger partial charge in [0.25, 0.3) is 10.2 Å². The number of aliphatic carboxylic acids is 2. The zero-order chi connectivity index (χ0) is 14.5. The zero-order valence-electron chi connectivity index (χ0n) is 10.4. The molecule has 19 heavy (non-hydrogen) atoms. The van der Waals surface area contributed by atoms with E-state index < -0.39 is 34.6 Å². The number of carboxylic acids is 2. The van der Waals surface area contributed by atoms with Crippen molar-refractivity contribution in [2.75, 3.05) is 13.1 Å². The molecule has 1 rings (SSSR count). The Hall–Kier alpha value is -1.19. The summed E-state index contributed by atoms with van der Waals surface area (Å²) < 4.78 is 27.2. The number of carbonyl (C=O) groups is 2. The van der Waals surface area contributed by atoms with Crippen molar-refractivity contribution in [3.8, 4) is 0 Å². The number of hydrogen-bond acceptors (Lipinski definition) is 4. The van der Waals surface area contributed by atoms with E-state index in [9.17, 15) is 18.0 Å². The van der Waals surface area contributed by atoms with Gasteiger partial charge in [0.05, 0.1) is 0 Å². The Labute approximate surface area is 111 Å². The highest BCUT2D eigenvalue weighted by Crippen LogP contribution is 2.13. The van der Waals surface area contributed by atoms with Crippen LogP contribution in [0.25, 0.3) is 0 Å². The number of piperidine rings is 1. The molecule has 0 aliphatic carbocycles. The molecule has 8 nitrogen and oxygen atoms in total. The van der Waals surface area contributed by atoms with E-state index in [-0.39, 0.29) is 6.42 Å². The molecule has 1 atom stereocenters. The summed E-state index contributed by atoms with van der Waals surface area (Å²) in [7, 11) is -3.87. The highest BCUT2D eigenvalue weighted by Gasteiger charge is 2.29. The minimum atomic E-state index is -3.87. The van der Waals surface area contributed by atoms with Gasteiger partial charge in [0, 0.05) is 19.5 Å². The van der Waals surface area contributed by atoms with E-state index in [1.54, 1.807) is 0 Å². The predicted molar refractivity (Wildman–Crippen MR) is 65.8 cm³/mol. The quantitative estimate of drug-likeness (QED) is 0.588. The molecule has 1 saturated heterocycles. The Bertz CT molecular complexity index is 429. The lowest BCUT2D eigenvalue weighted by molar-refractivity contribution is -0.140. The van der Waals surface area contributed by atoms with E-state index in [0.29, 0.717) is 13.1 Å². The maximum Gasteiger partial charge on any atom is 0.321 e. The minimum absolute atomic E-state index is 0.280. The monoisotopic (exact) mass is 294 g/mol. The van der Waals surface area contributed by atoms with Crippen molar-refractivity contribution in [1.29, 1.82) is 0 Å². The molecule has 0 saturated carbocycles. The molecule has 1 fully saturated rings. The van der Waals surface area contributed by atoms with Crippen molar-refractivity contribution in [2.24, 2.45) is 0 Å². The smallest absolute Gasteiger partial charge is 0.321 e. The summed E-state index contributed by atoms with van der Waals surface area (Å²) in [5.74, 6) is -2.54. The van der Waals surface area contributed by atoms with Crippen LogP contribution in [0.3, 0.4) is 0 Å². The van der Waals surface area contributed by atoms with Gasteiger partial charge in [0.2, 0.25) is 0 Å². The zero-order valence-corrected chi connectivity index (χ0v) is 11.2. The molecule has 0 bridgehead atoms. The highest BCUT2D eigenvalue weighted by atomic mass is 32.2. The van der Waals surface area contributed by atoms with Crippen LogP contribution in [0.1, 0.15) is 32.1 Å². The number of hydrogen-bond donors (Lipinski definition) is 3. The van der Waals surface area contributed by atoms with Gasteiger partial charge in [-0.1, -0.05) is 6.42 Å². The maximum absolute atomic E-state index is 11.9. The van der Waals surface area contributed by atoms with Crippen LogP contribution in [0.2, 0.25) is 0 Å². The van der Waals surface area contributed by atoms with Crippen LogP contribution in [0.5, 0.6) is 0 Å². The second-order valence-electron chi connectivity index (χ2n) is 4.41. The normalized spacial score (nSPS) is 18.9. The van der Waals surface area contributed by atoms with Crippen molar-refractivity contribution >= 4 is 22.1 Å². The first-order valence-corrected chi connectivity index (χ1v) is 7.49. The van der Waals surface area contributed by atoms with Crippen molar-refractivity contribution in [2.45, 2.75) is 38.1 Å². The molecule has 1 aliphatic rings. The molecule has 0 amide bonds. The molecular weight excluding hydrogens is 276 g/mol. The van der Waals surface area contributed by atoms with Gasteiger partial charge in [-0.05, 0) is 19.3 Å². The summed E-state index contributed by atoms with van der Waals surface area (Å²) in [6, 6.07) is -1.41. The number of nitrogens with zero attached hydrogens (tertiary/aromatic N) is 1. The van der Waals surface area contributed by atoms with Gasteiger partial charge in [0.1, 0.15) is 6.04 Å². The Morgan fingerprint density at radius 2 is 1.74 bits per heavy atom. The molecule has 0 aromatic heterocycles. The van der Waals surface area contributed by atoms with Crippen LogP contribution in [0.15, 0.2) is 0 Å². The Balaban J connectivity index is 2.65. The van der Waals surface area contributed by atoms with Gasteiger partial charge in [0.15, 0.2) is 0 Å². The van der Waals surface area contributed by atoms with Gasteiger partial charge in [-0.15, -0.1) is 0 Å². The van der Waals surface area contributed by atoms with Gasteiger partial charge in [-0.2, -0.15) is 17.4 Å². The second-order valence-corrected chi connectivity index (χ2v) is 6.11. The SMILES string of the molecule is O=C(O)CC[C@@H](NS(=O)(=O)N1CCCCC1)C(=O)O. The van der Waals surface area contributed by atoms with Crippen LogP contribution >= 0.6 is 0 Å². The predicted octanol–water partition coefficient (Wildman–Crippen LogP) is -0.375. The van der Waals surface area contributed by atoms with E-state index in [2.05, 4.69) is 4.72 Å². The maximum atomic E-state index is 11.9. The van der Waals surface area contributed by atoms with Gasteiger partial charge < -0.3 is 10.2 Å². The van der Waals surface area contributed by atoms with Crippen LogP contribution in [-0.4, -0.2) is 54.0 Å². The lowest BCUT2D eigenvalue weighted by Crippen LogP contribution is -2.49. The largest absolute Gasteiger partial charge is 0.481 e. The van der Waals surface area contributed by atoms with Gasteiger partial charge in [-0.3, -0.25) is 9.59 Å². The first-order valence-electron chi connectivity index (χ1n) is 6.05. The first-order chi connectivity index (χ1) is 8.83. The van der Waals surface area contributed by atoms with Crippen molar-refractivity contribution < 1.29 is 28.2 Å². The van der Waals surface area contributed by atoms with E-state index >= 15 is 0 Å². The molecule has 0 radical (unpaired) electrons. The van der Waals surface area contributed by atoms with E-state index in [4.69, 9.17) is 10.2 Å². The second kappa shape index (κ2) is 6.83. The molecule has 0 aromatic carbocycles. The summed E-state index contributed by atoms with van der Waals surface area (Å²) in [6.45, 7) is 0.723. The van der Waals surface area contributed by atoms with Crippen LogP contribution < -0.4 is 4.72 Å². The Kier molecular flexibility index (Phi) is 5.70. The molecule has 0 spiro atoms. The molecule has 1 heterocycles. The Morgan fingerprint density at radius 1 is 1.16 bits per heavy atom. The topological polar surface area (TPSA) is 124 Å².